The molecule has 60 heavy (non-hydrogen) atoms. The molecular formula is C38H67Na5O17. The zero-order valence-corrected chi connectivity index (χ0v) is 49.0. The van der Waals surface area contributed by atoms with Crippen LogP contribution in [0.3, 0.4) is 0 Å². The normalized spacial score (nSPS) is 13.6. The minimum absolute atomic E-state index is 0. The minimum Gasteiger partial charge on any atom is -0.550 e. The maximum absolute atomic E-state index is 11.0. The molecule has 0 saturated heterocycles. The van der Waals surface area contributed by atoms with Crippen molar-refractivity contribution in [3.63, 3.8) is 0 Å². The van der Waals surface area contributed by atoms with E-state index >= 15 is 0 Å². The molecule has 6 atom stereocenters. The quantitative estimate of drug-likeness (QED) is 0.0430. The second kappa shape index (κ2) is 47.6. The topological polar surface area (TPSA) is 298 Å². The molecule has 0 aromatic carbocycles. The SMILES string of the molecule is CC(C(=O)[O-])C(CC(C)(C)COCCO)C(=O)[O-].CC(CC(C(=O)[O-])C(C)C(=O)[O-])OCCCCOCCO.CCC(CC(C)(C)CCOCCO)C(=O)[O-].[Na+].[Na+].[Na+].[Na+].[Na+]. The molecule has 0 aliphatic heterocycles. The van der Waals surface area contributed by atoms with Crippen LogP contribution in [-0.2, 0) is 42.9 Å². The van der Waals surface area contributed by atoms with E-state index in [0.717, 1.165) is 19.3 Å². The van der Waals surface area contributed by atoms with Gasteiger partial charge in [-0.2, -0.15) is 0 Å². The fourth-order valence-electron chi connectivity index (χ4n) is 5.23. The molecule has 0 heterocycles. The van der Waals surface area contributed by atoms with Crippen molar-refractivity contribution in [1.82, 2.24) is 0 Å². The monoisotopic (exact) mass is 910 g/mol. The molecule has 0 aromatic heterocycles. The van der Waals surface area contributed by atoms with E-state index in [-0.39, 0.29) is 211 Å². The Morgan fingerprint density at radius 2 is 0.950 bits per heavy atom. The van der Waals surface area contributed by atoms with Crippen LogP contribution < -0.4 is 173 Å². The molecule has 17 nitrogen and oxygen atoms in total. The van der Waals surface area contributed by atoms with Crippen molar-refractivity contribution in [3.8, 4) is 0 Å². The number of aliphatic hydroxyl groups is 3. The fraction of sp³-hybridized carbons (Fsp3) is 0.868. The molecular weight excluding hydrogens is 843 g/mol. The number of hydrogen-bond donors (Lipinski definition) is 3. The van der Waals surface area contributed by atoms with Crippen molar-refractivity contribution in [2.75, 3.05) is 66.1 Å². The first-order valence-corrected chi connectivity index (χ1v) is 18.8. The van der Waals surface area contributed by atoms with Gasteiger partial charge in [-0.3, -0.25) is 0 Å². The van der Waals surface area contributed by atoms with Gasteiger partial charge in [-0.25, -0.2) is 0 Å². The van der Waals surface area contributed by atoms with Crippen LogP contribution in [-0.4, -0.2) is 117 Å². The summed E-state index contributed by atoms with van der Waals surface area (Å²) in [5, 5.41) is 79.8. The van der Waals surface area contributed by atoms with Crippen molar-refractivity contribution < 1.29 is 232 Å². The Hall–Kier alpha value is 2.07. The summed E-state index contributed by atoms with van der Waals surface area (Å²) < 4.78 is 20.9. The summed E-state index contributed by atoms with van der Waals surface area (Å²) in [5.74, 6) is -11.4. The van der Waals surface area contributed by atoms with Crippen LogP contribution in [0.5, 0.6) is 0 Å². The molecule has 0 amide bonds. The second-order valence-corrected chi connectivity index (χ2v) is 15.0. The second-order valence-electron chi connectivity index (χ2n) is 15.0. The Kier molecular flexibility index (Phi) is 62.8. The maximum Gasteiger partial charge on any atom is 1.00 e. The molecule has 0 bridgehead atoms. The molecule has 0 spiro atoms. The first kappa shape index (κ1) is 79.2. The zero-order valence-electron chi connectivity index (χ0n) is 39.0. The number of carboxylic acid groups (broad SMARTS) is 5. The molecule has 22 heteroatoms. The van der Waals surface area contributed by atoms with Crippen molar-refractivity contribution >= 4 is 29.8 Å². The van der Waals surface area contributed by atoms with Crippen molar-refractivity contribution in [1.29, 1.82) is 0 Å². The third-order valence-corrected chi connectivity index (χ3v) is 8.75. The van der Waals surface area contributed by atoms with E-state index in [1.807, 2.05) is 20.8 Å². The van der Waals surface area contributed by atoms with Crippen LogP contribution in [0.1, 0.15) is 100 Å². The largest absolute Gasteiger partial charge is 1.00 e. The van der Waals surface area contributed by atoms with E-state index in [0.29, 0.717) is 45.9 Å². The summed E-state index contributed by atoms with van der Waals surface area (Å²) in [7, 11) is 0. The summed E-state index contributed by atoms with van der Waals surface area (Å²) in [6.45, 7) is 16.2. The van der Waals surface area contributed by atoms with E-state index in [2.05, 4.69) is 0 Å². The van der Waals surface area contributed by atoms with Crippen LogP contribution in [0.4, 0.5) is 0 Å². The van der Waals surface area contributed by atoms with Crippen LogP contribution >= 0.6 is 0 Å². The van der Waals surface area contributed by atoms with Gasteiger partial charge < -0.3 is 83.8 Å². The van der Waals surface area contributed by atoms with E-state index < -0.39 is 58.9 Å². The molecule has 0 radical (unpaired) electrons. The summed E-state index contributed by atoms with van der Waals surface area (Å²) in [6.07, 6.45) is 3.30. The van der Waals surface area contributed by atoms with Gasteiger partial charge in [0, 0.05) is 73.3 Å². The zero-order chi connectivity index (χ0) is 43.2. The number of carbonyl (C=O) groups excluding carboxylic acids is 5. The van der Waals surface area contributed by atoms with Gasteiger partial charge in [0.05, 0.1) is 52.4 Å². The van der Waals surface area contributed by atoms with Gasteiger partial charge in [0.1, 0.15) is 0 Å². The van der Waals surface area contributed by atoms with E-state index in [9.17, 15) is 49.5 Å². The predicted octanol–water partition coefficient (Wildman–Crippen LogP) is -17.9. The van der Waals surface area contributed by atoms with Gasteiger partial charge in [0.25, 0.3) is 0 Å². The van der Waals surface area contributed by atoms with Crippen LogP contribution in [0, 0.1) is 40.4 Å². The van der Waals surface area contributed by atoms with Crippen molar-refractivity contribution in [2.45, 2.75) is 106 Å². The third-order valence-electron chi connectivity index (χ3n) is 8.75. The number of rotatable bonds is 31. The van der Waals surface area contributed by atoms with Gasteiger partial charge in [-0.1, -0.05) is 48.5 Å². The van der Waals surface area contributed by atoms with E-state index in [1.54, 1.807) is 20.8 Å². The first-order valence-electron chi connectivity index (χ1n) is 18.8. The average Bonchev–Trinajstić information content (AvgIpc) is 3.09. The van der Waals surface area contributed by atoms with Gasteiger partial charge in [-0.05, 0) is 68.6 Å². The maximum atomic E-state index is 11.0. The predicted molar refractivity (Wildman–Crippen MR) is 189 cm³/mol. The molecule has 0 rings (SSSR count). The van der Waals surface area contributed by atoms with E-state index in [1.165, 1.54) is 13.8 Å². The van der Waals surface area contributed by atoms with Crippen molar-refractivity contribution in [3.05, 3.63) is 0 Å². The fourth-order valence-corrected chi connectivity index (χ4v) is 5.23. The summed E-state index contributed by atoms with van der Waals surface area (Å²) >= 11 is 0. The Morgan fingerprint density at radius 1 is 0.533 bits per heavy atom. The third kappa shape index (κ3) is 45.2. The Balaban J connectivity index is -0.000000109. The van der Waals surface area contributed by atoms with Crippen LogP contribution in [0.25, 0.3) is 0 Å². The minimum atomic E-state index is -1.41. The molecule has 0 aromatic rings. The van der Waals surface area contributed by atoms with Gasteiger partial charge >= 0.3 is 148 Å². The Labute approximate surface area is 468 Å². The molecule has 326 valence electrons. The van der Waals surface area contributed by atoms with Gasteiger partial charge in [0.15, 0.2) is 0 Å². The van der Waals surface area contributed by atoms with Crippen molar-refractivity contribution in [2.24, 2.45) is 40.4 Å². The molecule has 0 aliphatic carbocycles. The number of ether oxygens (including phenoxy) is 4. The van der Waals surface area contributed by atoms with Crippen LogP contribution in [0.15, 0.2) is 0 Å². The number of aliphatic carboxylic acids is 5. The molecule has 3 N–H and O–H groups in total. The van der Waals surface area contributed by atoms with Gasteiger partial charge in [0.2, 0.25) is 0 Å². The average molecular weight is 911 g/mol. The molecule has 0 aliphatic rings. The Morgan fingerprint density at radius 3 is 1.35 bits per heavy atom. The number of hydrogen-bond acceptors (Lipinski definition) is 17. The summed E-state index contributed by atoms with van der Waals surface area (Å²) in [6, 6.07) is 0. The molecule has 0 saturated carbocycles. The Bertz CT molecular complexity index is 1070. The standard InChI is InChI=1S/C14H26O7.C12H22O6.C12H24O4.5Na/c1-10(21-7-4-3-6-20-8-5-15)9-12(14(18)19)11(2)13(16)17;1-8(10(14)15)9(11(16)17)6-12(2,3)7-18-5-4-13;1-4-10(11(14)15)9-12(2,3)5-7-16-8-6-13;;;;;/h10-12,15H,3-9H2,1-2H3,(H,16,17)(H,18,19);8-9,13H,4-7H2,1-3H3,(H,14,15)(H,16,17);10,13H,4-9H2,1-3H3,(H,14,15);;;;;/q;;;5*+1/p-5. The van der Waals surface area contributed by atoms with Gasteiger partial charge in [-0.15, -0.1) is 0 Å². The summed E-state index contributed by atoms with van der Waals surface area (Å²) in [5.41, 5.74) is -0.597. The first-order chi connectivity index (χ1) is 25.5. The molecule has 0 fully saturated rings. The number of carboxylic acids is 5. The van der Waals surface area contributed by atoms with E-state index in [4.69, 9.17) is 34.3 Å². The number of aliphatic hydroxyl groups excluding tert-OH is 3. The summed E-state index contributed by atoms with van der Waals surface area (Å²) in [4.78, 5) is 54.2. The molecule has 6 unspecified atom stereocenters. The smallest absolute Gasteiger partial charge is 0.550 e. The van der Waals surface area contributed by atoms with Crippen LogP contribution in [0.2, 0.25) is 0 Å². The number of unbranched alkanes of at least 4 members (excludes halogenated alkanes) is 1. The number of carbonyl (C=O) groups is 5.